The summed E-state index contributed by atoms with van der Waals surface area (Å²) in [6.45, 7) is 7.65. The van der Waals surface area contributed by atoms with Gasteiger partial charge in [0.1, 0.15) is 18.4 Å². The van der Waals surface area contributed by atoms with E-state index in [2.05, 4.69) is 22.4 Å². The molecule has 2 N–H and O–H groups in total. The highest BCUT2D eigenvalue weighted by molar-refractivity contribution is 6.33. The van der Waals surface area contributed by atoms with Crippen LogP contribution >= 0.6 is 11.6 Å². The fraction of sp³-hybridized carbons (Fsp3) is 0.227. The summed E-state index contributed by atoms with van der Waals surface area (Å²) in [5, 5.41) is 7.04. The van der Waals surface area contributed by atoms with E-state index in [9.17, 15) is 9.59 Å². The van der Waals surface area contributed by atoms with Crippen LogP contribution in [0.4, 0.5) is 0 Å². The fourth-order valence-electron chi connectivity index (χ4n) is 2.50. The third kappa shape index (κ3) is 6.47. The normalized spacial score (nSPS) is 11.9. The Kier molecular flexibility index (Phi) is 8.43. The molecule has 0 bridgehead atoms. The van der Waals surface area contributed by atoms with Gasteiger partial charge in [-0.25, -0.2) is 5.43 Å². The first-order valence-corrected chi connectivity index (χ1v) is 9.53. The maximum atomic E-state index is 12.6. The van der Waals surface area contributed by atoms with Crippen molar-refractivity contribution in [3.8, 4) is 5.75 Å². The van der Waals surface area contributed by atoms with Gasteiger partial charge in [-0.15, -0.1) is 0 Å². The molecule has 0 aliphatic rings. The number of amides is 2. The zero-order chi connectivity index (χ0) is 21.2. The molecule has 152 valence electrons. The summed E-state index contributed by atoms with van der Waals surface area (Å²) in [6, 6.07) is 13.2. The Morgan fingerprint density at radius 3 is 2.55 bits per heavy atom. The molecule has 0 spiro atoms. The van der Waals surface area contributed by atoms with E-state index in [1.165, 1.54) is 6.21 Å². The lowest BCUT2D eigenvalue weighted by Crippen LogP contribution is -2.48. The Hall–Kier alpha value is -3.12. The minimum absolute atomic E-state index is 0.153. The summed E-state index contributed by atoms with van der Waals surface area (Å²) < 4.78 is 5.55. The van der Waals surface area contributed by atoms with Crippen molar-refractivity contribution in [3.63, 3.8) is 0 Å². The van der Waals surface area contributed by atoms with E-state index in [4.69, 9.17) is 16.3 Å². The van der Waals surface area contributed by atoms with Crippen molar-refractivity contribution in [2.75, 3.05) is 6.61 Å². The van der Waals surface area contributed by atoms with Gasteiger partial charge in [0.15, 0.2) is 0 Å². The van der Waals surface area contributed by atoms with Crippen molar-refractivity contribution >= 4 is 29.6 Å². The molecular weight excluding hydrogens is 390 g/mol. The van der Waals surface area contributed by atoms with Gasteiger partial charge in [0.2, 0.25) is 0 Å². The molecule has 0 aromatic heterocycles. The summed E-state index contributed by atoms with van der Waals surface area (Å²) in [6.07, 6.45) is 3.13. The summed E-state index contributed by atoms with van der Waals surface area (Å²) in [5.41, 5.74) is 3.49. The van der Waals surface area contributed by atoms with Gasteiger partial charge < -0.3 is 10.1 Å². The molecule has 2 aromatic carbocycles. The van der Waals surface area contributed by atoms with Gasteiger partial charge >= 0.3 is 0 Å². The molecule has 6 nitrogen and oxygen atoms in total. The molecule has 0 aliphatic heterocycles. The third-order valence-corrected chi connectivity index (χ3v) is 4.34. The monoisotopic (exact) mass is 413 g/mol. The van der Waals surface area contributed by atoms with Crippen LogP contribution in [0.2, 0.25) is 5.02 Å². The van der Waals surface area contributed by atoms with Crippen molar-refractivity contribution in [3.05, 3.63) is 77.3 Å². The molecule has 2 aromatic rings. The molecule has 0 fully saturated rings. The van der Waals surface area contributed by atoms with Crippen molar-refractivity contribution < 1.29 is 14.3 Å². The van der Waals surface area contributed by atoms with Crippen LogP contribution in [0.15, 0.2) is 66.3 Å². The van der Waals surface area contributed by atoms with Gasteiger partial charge in [0.25, 0.3) is 11.8 Å². The largest absolute Gasteiger partial charge is 0.489 e. The van der Waals surface area contributed by atoms with Gasteiger partial charge in [0.05, 0.1) is 16.8 Å². The number of nitrogens with zero attached hydrogens (tertiary/aromatic N) is 1. The van der Waals surface area contributed by atoms with Crippen LogP contribution in [-0.2, 0) is 4.79 Å². The summed E-state index contributed by atoms with van der Waals surface area (Å²) in [4.78, 5) is 25.1. The fourth-order valence-corrected chi connectivity index (χ4v) is 2.72. The first-order chi connectivity index (χ1) is 13.9. The van der Waals surface area contributed by atoms with Gasteiger partial charge in [-0.2, -0.15) is 5.10 Å². The highest BCUT2D eigenvalue weighted by atomic mass is 35.5. The second-order valence-electron chi connectivity index (χ2n) is 6.55. The molecule has 0 heterocycles. The average Bonchev–Trinajstić information content (AvgIpc) is 2.71. The SMILES string of the molecule is C=CCOc1ccccc1C=NNC(=O)C(NC(=O)c1ccccc1Cl)C(C)C. The van der Waals surface area contributed by atoms with Crippen molar-refractivity contribution in [2.24, 2.45) is 11.0 Å². The number of halogens is 1. The molecule has 1 unspecified atom stereocenters. The number of ether oxygens (including phenoxy) is 1. The predicted octanol–water partition coefficient (Wildman–Crippen LogP) is 3.81. The zero-order valence-electron chi connectivity index (χ0n) is 16.4. The Morgan fingerprint density at radius 2 is 1.86 bits per heavy atom. The number of carbonyl (C=O) groups is 2. The molecular formula is C22H24ClN3O3. The first-order valence-electron chi connectivity index (χ1n) is 9.15. The van der Waals surface area contributed by atoms with Gasteiger partial charge in [-0.05, 0) is 30.2 Å². The second kappa shape index (κ2) is 11.0. The number of nitrogens with one attached hydrogen (secondary N) is 2. The van der Waals surface area contributed by atoms with E-state index in [0.717, 1.165) is 0 Å². The number of hydrogen-bond donors (Lipinski definition) is 2. The summed E-state index contributed by atoms with van der Waals surface area (Å²) in [7, 11) is 0. The van der Waals surface area contributed by atoms with Gasteiger partial charge in [-0.3, -0.25) is 9.59 Å². The lowest BCUT2D eigenvalue weighted by molar-refractivity contribution is -0.123. The van der Waals surface area contributed by atoms with Crippen LogP contribution in [0.1, 0.15) is 29.8 Å². The van der Waals surface area contributed by atoms with Crippen molar-refractivity contribution in [1.82, 2.24) is 10.7 Å². The van der Waals surface area contributed by atoms with Crippen molar-refractivity contribution in [2.45, 2.75) is 19.9 Å². The molecule has 7 heteroatoms. The third-order valence-electron chi connectivity index (χ3n) is 4.01. The maximum absolute atomic E-state index is 12.6. The van der Waals surface area contributed by atoms with Crippen LogP contribution in [-0.4, -0.2) is 30.7 Å². The number of hydrazone groups is 1. The molecule has 0 aliphatic carbocycles. The Labute approximate surface area is 175 Å². The number of hydrogen-bond acceptors (Lipinski definition) is 4. The van der Waals surface area contributed by atoms with Crippen LogP contribution in [0.25, 0.3) is 0 Å². The number of para-hydroxylation sites is 1. The average molecular weight is 414 g/mol. The maximum Gasteiger partial charge on any atom is 0.262 e. The Balaban J connectivity index is 2.05. The Morgan fingerprint density at radius 1 is 1.17 bits per heavy atom. The summed E-state index contributed by atoms with van der Waals surface area (Å²) in [5.74, 6) is -0.379. The lowest BCUT2D eigenvalue weighted by Gasteiger charge is -2.20. The van der Waals surface area contributed by atoms with E-state index in [0.29, 0.717) is 28.5 Å². The quantitative estimate of drug-likeness (QED) is 0.372. The molecule has 0 radical (unpaired) electrons. The Bertz CT molecular complexity index is 896. The van der Waals surface area contributed by atoms with E-state index >= 15 is 0 Å². The standard InChI is InChI=1S/C22H24ClN3O3/c1-4-13-29-19-12-8-5-9-16(19)14-24-26-22(28)20(15(2)3)25-21(27)17-10-6-7-11-18(17)23/h4-12,14-15,20H,1,13H2,2-3H3,(H,25,27)(H,26,28). The van der Waals surface area contributed by atoms with E-state index in [1.54, 1.807) is 36.4 Å². The van der Waals surface area contributed by atoms with Crippen LogP contribution in [0.3, 0.4) is 0 Å². The number of rotatable bonds is 9. The topological polar surface area (TPSA) is 79.8 Å². The number of carbonyl (C=O) groups excluding carboxylic acids is 2. The van der Waals surface area contributed by atoms with Gasteiger partial charge in [-0.1, -0.05) is 62.4 Å². The highest BCUT2D eigenvalue weighted by Crippen LogP contribution is 2.16. The minimum Gasteiger partial charge on any atom is -0.489 e. The lowest BCUT2D eigenvalue weighted by atomic mass is 10.0. The predicted molar refractivity (Wildman–Crippen MR) is 115 cm³/mol. The van der Waals surface area contributed by atoms with Gasteiger partial charge in [0, 0.05) is 5.56 Å². The molecule has 0 saturated heterocycles. The van der Waals surface area contributed by atoms with Crippen LogP contribution in [0, 0.1) is 5.92 Å². The van der Waals surface area contributed by atoms with Crippen LogP contribution < -0.4 is 15.5 Å². The molecule has 2 rings (SSSR count). The molecule has 0 saturated carbocycles. The molecule has 29 heavy (non-hydrogen) atoms. The minimum atomic E-state index is -0.775. The van der Waals surface area contributed by atoms with Crippen molar-refractivity contribution in [1.29, 1.82) is 0 Å². The van der Waals surface area contributed by atoms with E-state index < -0.39 is 17.9 Å². The highest BCUT2D eigenvalue weighted by Gasteiger charge is 2.25. The second-order valence-corrected chi connectivity index (χ2v) is 6.95. The smallest absolute Gasteiger partial charge is 0.262 e. The molecule has 2 amide bonds. The first kappa shape index (κ1) is 22.2. The van der Waals surface area contributed by atoms with E-state index in [-0.39, 0.29) is 5.92 Å². The number of benzene rings is 2. The van der Waals surface area contributed by atoms with Crippen LogP contribution in [0.5, 0.6) is 5.75 Å². The van der Waals surface area contributed by atoms with E-state index in [1.807, 2.05) is 32.0 Å². The summed E-state index contributed by atoms with van der Waals surface area (Å²) >= 11 is 6.06. The molecule has 1 atom stereocenters. The zero-order valence-corrected chi connectivity index (χ0v) is 17.1.